The molecule has 1 fully saturated rings. The molecule has 168 valence electrons. The third kappa shape index (κ3) is 4.07. The van der Waals surface area contributed by atoms with Crippen LogP contribution < -0.4 is 11.1 Å². The van der Waals surface area contributed by atoms with Gasteiger partial charge in [0.2, 0.25) is 0 Å². The van der Waals surface area contributed by atoms with E-state index in [1.165, 1.54) is 6.07 Å². The number of amides is 2. The number of nitrogens with zero attached hydrogens (tertiary/aromatic N) is 2. The molecule has 11 heteroatoms. The molecule has 0 saturated heterocycles. The van der Waals surface area contributed by atoms with Gasteiger partial charge in [-0.25, -0.2) is 13.8 Å². The fraction of sp³-hybridized carbons (Fsp3) is 0.182. The molecule has 4 N–H and O–H groups in total. The van der Waals surface area contributed by atoms with E-state index in [-0.39, 0.29) is 32.7 Å². The van der Waals surface area contributed by atoms with E-state index in [1.54, 1.807) is 30.3 Å². The lowest BCUT2D eigenvalue weighted by Crippen LogP contribution is -2.17. The van der Waals surface area contributed by atoms with Crippen molar-refractivity contribution in [2.24, 2.45) is 5.73 Å². The van der Waals surface area contributed by atoms with Crippen LogP contribution in [0.3, 0.4) is 0 Å². The summed E-state index contributed by atoms with van der Waals surface area (Å²) in [5, 5.41) is 10.6. The Labute approximate surface area is 195 Å². The maximum absolute atomic E-state index is 13.4. The Morgan fingerprint density at radius 3 is 2.58 bits per heavy atom. The van der Waals surface area contributed by atoms with Gasteiger partial charge in [-0.1, -0.05) is 23.7 Å². The lowest BCUT2D eigenvalue weighted by molar-refractivity contribution is 0.100. The van der Waals surface area contributed by atoms with Gasteiger partial charge < -0.3 is 11.1 Å². The summed E-state index contributed by atoms with van der Waals surface area (Å²) in [6.07, 6.45) is -1.08. The van der Waals surface area contributed by atoms with Crippen LogP contribution in [0.15, 0.2) is 36.4 Å². The topological polar surface area (TPSA) is 114 Å². The second kappa shape index (κ2) is 8.20. The van der Waals surface area contributed by atoms with Gasteiger partial charge in [0.15, 0.2) is 0 Å². The molecule has 1 saturated carbocycles. The fourth-order valence-electron chi connectivity index (χ4n) is 3.66. The third-order valence-electron chi connectivity index (χ3n) is 5.38. The molecule has 0 bridgehead atoms. The number of aromatic nitrogens is 3. The molecule has 3 heterocycles. The van der Waals surface area contributed by atoms with Crippen LogP contribution in [-0.4, -0.2) is 27.0 Å². The minimum Gasteiger partial charge on any atom is -0.365 e. The summed E-state index contributed by atoms with van der Waals surface area (Å²) in [5.74, 6) is -1.26. The average Bonchev–Trinajstić information content (AvgIpc) is 3.39. The number of pyridine rings is 1. The first-order valence-corrected chi connectivity index (χ1v) is 11.2. The minimum atomic E-state index is -2.75. The SMILES string of the molecule is NC(=O)c1sc2nc(C(F)F)cc(C3CC3)c2c1NC(=O)c1cc(-c2ccc(Cl)cc2)n[nH]1. The molecular formula is C22H16ClF2N5O2S. The summed E-state index contributed by atoms with van der Waals surface area (Å²) in [6.45, 7) is 0. The molecule has 0 atom stereocenters. The van der Waals surface area contributed by atoms with Gasteiger partial charge in [-0.05, 0) is 48.6 Å². The molecule has 0 radical (unpaired) electrons. The van der Waals surface area contributed by atoms with Crippen LogP contribution in [0, 0.1) is 0 Å². The van der Waals surface area contributed by atoms with Crippen molar-refractivity contribution in [1.82, 2.24) is 15.2 Å². The smallest absolute Gasteiger partial charge is 0.280 e. The monoisotopic (exact) mass is 487 g/mol. The highest BCUT2D eigenvalue weighted by Crippen LogP contribution is 2.48. The van der Waals surface area contributed by atoms with Gasteiger partial charge >= 0.3 is 0 Å². The van der Waals surface area contributed by atoms with E-state index < -0.39 is 18.2 Å². The van der Waals surface area contributed by atoms with Crippen LogP contribution >= 0.6 is 22.9 Å². The van der Waals surface area contributed by atoms with Crippen LogP contribution in [0.1, 0.15) is 56.6 Å². The summed E-state index contributed by atoms with van der Waals surface area (Å²) in [4.78, 5) is 29.4. The van der Waals surface area contributed by atoms with E-state index >= 15 is 0 Å². The van der Waals surface area contributed by atoms with Crippen LogP contribution in [0.5, 0.6) is 0 Å². The Kier molecular flexibility index (Phi) is 5.34. The molecule has 2 amide bonds. The Morgan fingerprint density at radius 2 is 1.94 bits per heavy atom. The fourth-order valence-corrected chi connectivity index (χ4v) is 4.80. The molecule has 1 aliphatic carbocycles. The van der Waals surface area contributed by atoms with Crippen LogP contribution in [0.4, 0.5) is 14.5 Å². The van der Waals surface area contributed by atoms with E-state index in [4.69, 9.17) is 17.3 Å². The zero-order valence-corrected chi connectivity index (χ0v) is 18.4. The number of hydrogen-bond acceptors (Lipinski definition) is 5. The van der Waals surface area contributed by atoms with Crippen LogP contribution in [-0.2, 0) is 0 Å². The Hall–Kier alpha value is -3.37. The number of hydrogen-bond donors (Lipinski definition) is 3. The lowest BCUT2D eigenvalue weighted by atomic mass is 10.0. The van der Waals surface area contributed by atoms with E-state index in [2.05, 4.69) is 20.5 Å². The van der Waals surface area contributed by atoms with Gasteiger partial charge in [0.05, 0.1) is 11.4 Å². The quantitative estimate of drug-likeness (QED) is 0.333. The number of alkyl halides is 2. The molecule has 0 spiro atoms. The summed E-state index contributed by atoms with van der Waals surface area (Å²) < 4.78 is 26.8. The van der Waals surface area contributed by atoms with Crippen LogP contribution in [0.25, 0.3) is 21.5 Å². The van der Waals surface area contributed by atoms with Gasteiger partial charge in [-0.2, -0.15) is 5.10 Å². The highest BCUT2D eigenvalue weighted by atomic mass is 35.5. The van der Waals surface area contributed by atoms with Gasteiger partial charge in [0.25, 0.3) is 18.2 Å². The first kappa shape index (κ1) is 21.5. The maximum atomic E-state index is 13.4. The Morgan fingerprint density at radius 1 is 1.21 bits per heavy atom. The van der Waals surface area contributed by atoms with Crippen molar-refractivity contribution in [3.8, 4) is 11.3 Å². The van der Waals surface area contributed by atoms with Crippen molar-refractivity contribution in [2.45, 2.75) is 25.2 Å². The number of benzene rings is 1. The van der Waals surface area contributed by atoms with Crippen molar-refractivity contribution in [2.75, 3.05) is 5.32 Å². The molecule has 1 aliphatic rings. The van der Waals surface area contributed by atoms with Gasteiger partial charge in [-0.15, -0.1) is 11.3 Å². The second-order valence-corrected chi connectivity index (χ2v) is 9.13. The normalized spacial score (nSPS) is 13.6. The third-order valence-corrected chi connectivity index (χ3v) is 6.73. The van der Waals surface area contributed by atoms with Gasteiger partial charge in [0.1, 0.15) is 21.1 Å². The minimum absolute atomic E-state index is 0.0524. The molecule has 5 rings (SSSR count). The molecule has 0 unspecified atom stereocenters. The maximum Gasteiger partial charge on any atom is 0.280 e. The zero-order chi connectivity index (χ0) is 23.3. The number of nitrogens with one attached hydrogen (secondary N) is 2. The predicted octanol–water partition coefficient (Wildman–Crippen LogP) is 5.51. The summed E-state index contributed by atoms with van der Waals surface area (Å²) in [6, 6.07) is 9.88. The lowest BCUT2D eigenvalue weighted by Gasteiger charge is -2.09. The number of carbonyl (C=O) groups is 2. The number of fused-ring (bicyclic) bond motifs is 1. The first-order chi connectivity index (χ1) is 15.8. The molecule has 4 aromatic rings. The molecular weight excluding hydrogens is 472 g/mol. The van der Waals surface area contributed by atoms with E-state index in [9.17, 15) is 18.4 Å². The second-order valence-electron chi connectivity index (χ2n) is 7.69. The number of rotatable bonds is 6. The number of H-pyrrole nitrogens is 1. The van der Waals surface area contributed by atoms with Crippen molar-refractivity contribution < 1.29 is 18.4 Å². The van der Waals surface area contributed by atoms with Crippen molar-refractivity contribution >= 4 is 50.7 Å². The molecule has 3 aromatic heterocycles. The van der Waals surface area contributed by atoms with Crippen molar-refractivity contribution in [3.63, 3.8) is 0 Å². The average molecular weight is 488 g/mol. The molecule has 33 heavy (non-hydrogen) atoms. The molecule has 0 aliphatic heterocycles. The summed E-state index contributed by atoms with van der Waals surface area (Å²) in [5.41, 5.74) is 7.44. The zero-order valence-electron chi connectivity index (χ0n) is 16.9. The number of aromatic amines is 1. The summed E-state index contributed by atoms with van der Waals surface area (Å²) in [7, 11) is 0. The highest BCUT2D eigenvalue weighted by molar-refractivity contribution is 7.21. The van der Waals surface area contributed by atoms with Crippen molar-refractivity contribution in [1.29, 1.82) is 0 Å². The highest BCUT2D eigenvalue weighted by Gasteiger charge is 2.32. The Balaban J connectivity index is 1.54. The van der Waals surface area contributed by atoms with E-state index in [0.717, 1.165) is 29.7 Å². The number of halogens is 3. The number of primary amides is 1. The Bertz CT molecular complexity index is 1400. The predicted molar refractivity (Wildman–Crippen MR) is 122 cm³/mol. The first-order valence-electron chi connectivity index (χ1n) is 9.99. The summed E-state index contributed by atoms with van der Waals surface area (Å²) >= 11 is 6.80. The largest absolute Gasteiger partial charge is 0.365 e. The van der Waals surface area contributed by atoms with E-state index in [0.29, 0.717) is 21.7 Å². The van der Waals surface area contributed by atoms with Crippen molar-refractivity contribution in [3.05, 3.63) is 63.2 Å². The number of nitrogens with two attached hydrogens (primary N) is 1. The van der Waals surface area contributed by atoms with Crippen LogP contribution in [0.2, 0.25) is 5.02 Å². The van der Waals surface area contributed by atoms with Gasteiger partial charge in [0, 0.05) is 16.0 Å². The number of carbonyl (C=O) groups excluding carboxylic acids is 2. The van der Waals surface area contributed by atoms with E-state index in [1.807, 2.05) is 0 Å². The van der Waals surface area contributed by atoms with Gasteiger partial charge in [-0.3, -0.25) is 14.7 Å². The number of anilines is 1. The molecule has 1 aromatic carbocycles. The molecule has 7 nitrogen and oxygen atoms in total. The standard InChI is InChI=1S/C22H16ClF2N5O2S/c23-11-5-3-10(4-6-11)13-8-15(30-29-13)21(32)28-17-16-12(9-1-2-9)7-14(19(24)25)27-22(16)33-18(17)20(26)31/h3-9,19H,1-2H2,(H2,26,31)(H,28,32)(H,29,30). The number of thiophene rings is 1.